The molecule has 0 bridgehead atoms. The molecule has 0 amide bonds. The van der Waals surface area contributed by atoms with Gasteiger partial charge in [-0.3, -0.25) is 0 Å². The lowest BCUT2D eigenvalue weighted by Gasteiger charge is -2.32. The van der Waals surface area contributed by atoms with E-state index in [1.54, 1.807) is 11.4 Å². The van der Waals surface area contributed by atoms with Crippen molar-refractivity contribution in [1.29, 1.82) is 0 Å². The highest BCUT2D eigenvalue weighted by molar-refractivity contribution is 7.80. The van der Waals surface area contributed by atoms with E-state index in [4.69, 9.17) is 34.5 Å². The topological polar surface area (TPSA) is 83.8 Å². The highest BCUT2D eigenvalue weighted by Crippen LogP contribution is 2.30. The molecule has 3 aromatic rings. The molecule has 0 spiro atoms. The number of piperidine rings is 1. The van der Waals surface area contributed by atoms with Crippen molar-refractivity contribution in [3.8, 4) is 11.1 Å². The Morgan fingerprint density at radius 1 is 1.21 bits per heavy atom. The number of aromatic nitrogens is 3. The number of nitrogens with one attached hydrogen (secondary N) is 1. The summed E-state index contributed by atoms with van der Waals surface area (Å²) >= 11 is 11.7. The number of anilines is 1. The third kappa shape index (κ3) is 4.33. The van der Waals surface area contributed by atoms with Gasteiger partial charge in [-0.2, -0.15) is 4.98 Å². The Hall–Kier alpha value is -2.71. The van der Waals surface area contributed by atoms with Crippen molar-refractivity contribution < 1.29 is 0 Å². The van der Waals surface area contributed by atoms with E-state index in [1.165, 1.54) is 0 Å². The van der Waals surface area contributed by atoms with Crippen LogP contribution in [0.4, 0.5) is 5.95 Å². The van der Waals surface area contributed by atoms with Crippen molar-refractivity contribution in [2.75, 3.05) is 18.4 Å². The molecular formula is C20H22ClN7S. The number of likely N-dealkylation sites (tertiary alicyclic amines) is 1. The van der Waals surface area contributed by atoms with E-state index in [9.17, 15) is 0 Å². The molecule has 1 aliphatic heterocycles. The highest BCUT2D eigenvalue weighted by Gasteiger charge is 2.22. The van der Waals surface area contributed by atoms with Gasteiger partial charge in [-0.25, -0.2) is 9.51 Å². The predicted molar refractivity (Wildman–Crippen MR) is 122 cm³/mol. The first-order valence-electron chi connectivity index (χ1n) is 9.48. The standard InChI is InChI=1S/C20H22ClN7S/c1-13(22)23-20(29)27-11-8-14(9-12-27)24-19-25-18-16(6-4-10-28(18)26-19)15-5-2-3-7-17(15)21/h2-7,10,14H,8-9,11-12H2,1H3,(H,24,26)(H2,22,23,29). The number of amidine groups is 1. The molecule has 0 unspecified atom stereocenters. The molecule has 0 atom stereocenters. The maximum absolute atomic E-state index is 6.39. The van der Waals surface area contributed by atoms with E-state index in [0.717, 1.165) is 42.7 Å². The number of hydrogen-bond acceptors (Lipinski definition) is 4. The van der Waals surface area contributed by atoms with E-state index in [-0.39, 0.29) is 6.04 Å². The van der Waals surface area contributed by atoms with Gasteiger partial charge in [0.2, 0.25) is 5.95 Å². The summed E-state index contributed by atoms with van der Waals surface area (Å²) in [7, 11) is 0. The monoisotopic (exact) mass is 427 g/mol. The van der Waals surface area contributed by atoms with Crippen LogP contribution in [0.1, 0.15) is 19.8 Å². The van der Waals surface area contributed by atoms with Crippen LogP contribution in [0.2, 0.25) is 5.02 Å². The summed E-state index contributed by atoms with van der Waals surface area (Å²) in [4.78, 5) is 11.0. The zero-order valence-corrected chi connectivity index (χ0v) is 17.6. The smallest absolute Gasteiger partial charge is 0.243 e. The van der Waals surface area contributed by atoms with Crippen LogP contribution in [0.5, 0.6) is 0 Å². The lowest BCUT2D eigenvalue weighted by Crippen LogP contribution is -2.41. The quantitative estimate of drug-likeness (QED) is 0.377. The summed E-state index contributed by atoms with van der Waals surface area (Å²) < 4.78 is 1.78. The van der Waals surface area contributed by atoms with Gasteiger partial charge in [0.05, 0.1) is 5.84 Å². The average molecular weight is 428 g/mol. The van der Waals surface area contributed by atoms with E-state index < -0.39 is 0 Å². The van der Waals surface area contributed by atoms with Crippen LogP contribution < -0.4 is 11.1 Å². The molecule has 1 aromatic carbocycles. The van der Waals surface area contributed by atoms with Gasteiger partial charge in [0.25, 0.3) is 0 Å². The van der Waals surface area contributed by atoms with Gasteiger partial charge in [-0.15, -0.1) is 5.10 Å². The number of pyridine rings is 1. The van der Waals surface area contributed by atoms with Crippen LogP contribution in [0.3, 0.4) is 0 Å². The second-order valence-corrected chi connectivity index (χ2v) is 7.82. The molecule has 150 valence electrons. The molecule has 1 aliphatic rings. The van der Waals surface area contributed by atoms with Crippen LogP contribution in [-0.2, 0) is 0 Å². The number of hydrogen-bond donors (Lipinski definition) is 2. The van der Waals surface area contributed by atoms with Gasteiger partial charge >= 0.3 is 0 Å². The summed E-state index contributed by atoms with van der Waals surface area (Å²) in [5.41, 5.74) is 8.29. The van der Waals surface area contributed by atoms with Crippen molar-refractivity contribution in [1.82, 2.24) is 19.5 Å². The Kier molecular flexibility index (Phi) is 5.64. The molecule has 3 heterocycles. The van der Waals surface area contributed by atoms with Gasteiger partial charge in [0.1, 0.15) is 0 Å². The van der Waals surface area contributed by atoms with Crippen LogP contribution in [0, 0.1) is 0 Å². The molecule has 0 saturated carbocycles. The number of thiocarbonyl (C=S) groups is 1. The Morgan fingerprint density at radius 3 is 2.66 bits per heavy atom. The van der Waals surface area contributed by atoms with E-state index in [2.05, 4.69) is 20.3 Å². The van der Waals surface area contributed by atoms with E-state index in [1.807, 2.05) is 42.6 Å². The minimum Gasteiger partial charge on any atom is -0.387 e. The third-order valence-corrected chi connectivity index (χ3v) is 5.58. The largest absolute Gasteiger partial charge is 0.387 e. The predicted octanol–water partition coefficient (Wildman–Crippen LogP) is 3.59. The summed E-state index contributed by atoms with van der Waals surface area (Å²) in [5, 5.41) is 9.29. The first kappa shape index (κ1) is 19.6. The first-order chi connectivity index (χ1) is 14.0. The molecule has 7 nitrogen and oxygen atoms in total. The normalized spacial score (nSPS) is 15.7. The number of aliphatic imine (C=N–C) groups is 1. The number of halogens is 1. The molecule has 1 saturated heterocycles. The second-order valence-electron chi connectivity index (χ2n) is 7.05. The fourth-order valence-corrected chi connectivity index (χ4v) is 4.04. The maximum Gasteiger partial charge on any atom is 0.243 e. The van der Waals surface area contributed by atoms with E-state index >= 15 is 0 Å². The van der Waals surface area contributed by atoms with Gasteiger partial charge in [0.15, 0.2) is 10.8 Å². The highest BCUT2D eigenvalue weighted by atomic mass is 35.5. The van der Waals surface area contributed by atoms with Crippen LogP contribution in [0.25, 0.3) is 16.8 Å². The van der Waals surface area contributed by atoms with E-state index in [0.29, 0.717) is 21.9 Å². The first-order valence-corrected chi connectivity index (χ1v) is 10.3. The Bertz CT molecular complexity index is 1070. The zero-order valence-electron chi connectivity index (χ0n) is 16.0. The Labute approximate surface area is 179 Å². The number of rotatable bonds is 3. The summed E-state index contributed by atoms with van der Waals surface area (Å²) in [6.07, 6.45) is 3.74. The van der Waals surface area contributed by atoms with Crippen LogP contribution >= 0.6 is 23.8 Å². The fourth-order valence-electron chi connectivity index (χ4n) is 3.48. The van der Waals surface area contributed by atoms with Gasteiger partial charge in [0, 0.05) is 41.5 Å². The molecule has 1 fully saturated rings. The minimum atomic E-state index is 0.276. The number of nitrogens with zero attached hydrogens (tertiary/aromatic N) is 5. The average Bonchev–Trinajstić information content (AvgIpc) is 3.11. The number of fused-ring (bicyclic) bond motifs is 1. The van der Waals surface area contributed by atoms with Crippen molar-refractivity contribution in [2.24, 2.45) is 10.7 Å². The molecule has 2 aromatic heterocycles. The van der Waals surface area contributed by atoms with Crippen LogP contribution in [0.15, 0.2) is 47.6 Å². The lowest BCUT2D eigenvalue weighted by molar-refractivity contribution is 0.325. The van der Waals surface area contributed by atoms with Crippen molar-refractivity contribution in [2.45, 2.75) is 25.8 Å². The lowest BCUT2D eigenvalue weighted by atomic mass is 10.1. The summed E-state index contributed by atoms with van der Waals surface area (Å²) in [6, 6.07) is 12.0. The maximum atomic E-state index is 6.39. The van der Waals surface area contributed by atoms with Crippen molar-refractivity contribution in [3.63, 3.8) is 0 Å². The number of benzene rings is 1. The van der Waals surface area contributed by atoms with Gasteiger partial charge in [-0.05, 0) is 50.2 Å². The van der Waals surface area contributed by atoms with Gasteiger partial charge in [-0.1, -0.05) is 29.8 Å². The molecule has 9 heteroatoms. The third-order valence-electron chi connectivity index (χ3n) is 4.90. The molecular weight excluding hydrogens is 406 g/mol. The Morgan fingerprint density at radius 2 is 1.93 bits per heavy atom. The van der Waals surface area contributed by atoms with Crippen molar-refractivity contribution in [3.05, 3.63) is 47.6 Å². The zero-order chi connectivity index (χ0) is 20.4. The van der Waals surface area contributed by atoms with Gasteiger partial charge < -0.3 is 16.0 Å². The van der Waals surface area contributed by atoms with Crippen molar-refractivity contribution >= 4 is 46.4 Å². The SMILES string of the molecule is C/C(N)=N/C(=S)N1CCC(Nc2nc3c(-c4ccccc4Cl)cccn3n2)CC1. The molecule has 0 radical (unpaired) electrons. The minimum absolute atomic E-state index is 0.276. The summed E-state index contributed by atoms with van der Waals surface area (Å²) in [5.74, 6) is 1.10. The second kappa shape index (κ2) is 8.34. The summed E-state index contributed by atoms with van der Waals surface area (Å²) in [6.45, 7) is 3.39. The fraction of sp³-hybridized carbons (Fsp3) is 0.300. The molecule has 29 heavy (non-hydrogen) atoms. The molecule has 0 aliphatic carbocycles. The Balaban J connectivity index is 1.49. The molecule has 3 N–H and O–H groups in total. The van der Waals surface area contributed by atoms with Crippen LogP contribution in [-0.4, -0.2) is 49.6 Å². The number of nitrogens with two attached hydrogens (primary N) is 1. The molecule has 4 rings (SSSR count).